The number of hydrogen-bond donors (Lipinski definition) is 0. The molecule has 3 rings (SSSR count). The van der Waals surface area contributed by atoms with E-state index in [1.807, 2.05) is 13.0 Å². The van der Waals surface area contributed by atoms with Crippen LogP contribution >= 0.6 is 0 Å². The minimum Gasteiger partial charge on any atom is -0.458 e. The maximum absolute atomic E-state index is 13.0. The number of rotatable bonds is 5. The second-order valence-electron chi connectivity index (χ2n) is 7.65. The first-order chi connectivity index (χ1) is 11.7. The first kappa shape index (κ1) is 18.0. The van der Waals surface area contributed by atoms with Crippen LogP contribution in [0.15, 0.2) is 53.6 Å². The van der Waals surface area contributed by atoms with Gasteiger partial charge in [0.05, 0.1) is 16.7 Å². The van der Waals surface area contributed by atoms with Gasteiger partial charge < -0.3 is 4.74 Å². The van der Waals surface area contributed by atoms with Crippen LogP contribution in [0.1, 0.15) is 33.1 Å². The van der Waals surface area contributed by atoms with Crippen LogP contribution in [0.5, 0.6) is 0 Å². The summed E-state index contributed by atoms with van der Waals surface area (Å²) in [5.41, 5.74) is 1.68. The molecule has 0 heterocycles. The number of fused-ring (bicyclic) bond motifs is 2. The van der Waals surface area contributed by atoms with Gasteiger partial charge in [-0.2, -0.15) is 0 Å². The van der Waals surface area contributed by atoms with E-state index in [2.05, 4.69) is 19.2 Å². The number of carbonyl (C=O) groups excluding carboxylic acids is 1. The highest BCUT2D eigenvalue weighted by Crippen LogP contribution is 2.67. The topological polar surface area (TPSA) is 60.4 Å². The van der Waals surface area contributed by atoms with Crippen LogP contribution in [-0.2, 0) is 19.4 Å². The molecule has 0 unspecified atom stereocenters. The van der Waals surface area contributed by atoms with E-state index >= 15 is 0 Å². The summed E-state index contributed by atoms with van der Waals surface area (Å²) in [6.07, 6.45) is 3.48. The highest BCUT2D eigenvalue weighted by atomic mass is 32.2. The first-order valence-corrected chi connectivity index (χ1v) is 10.2. The molecule has 0 spiro atoms. The zero-order chi connectivity index (χ0) is 18.3. The van der Waals surface area contributed by atoms with Crippen molar-refractivity contribution in [3.8, 4) is 0 Å². The van der Waals surface area contributed by atoms with Gasteiger partial charge >= 0.3 is 5.97 Å². The third-order valence-electron chi connectivity index (χ3n) is 6.50. The Morgan fingerprint density at radius 1 is 1.36 bits per heavy atom. The largest absolute Gasteiger partial charge is 0.458 e. The maximum atomic E-state index is 13.0. The molecule has 0 radical (unpaired) electrons. The maximum Gasteiger partial charge on any atom is 0.338 e. The Bertz CT molecular complexity index is 823. The fourth-order valence-corrected chi connectivity index (χ4v) is 6.89. The molecule has 0 aromatic heterocycles. The predicted octanol–water partition coefficient (Wildman–Crippen LogP) is 3.54. The molecule has 2 saturated carbocycles. The summed E-state index contributed by atoms with van der Waals surface area (Å²) in [6.45, 7) is 7.50. The number of esters is 1. The van der Waals surface area contributed by atoms with E-state index < -0.39 is 21.2 Å². The van der Waals surface area contributed by atoms with E-state index in [0.717, 1.165) is 12.8 Å². The second-order valence-corrected chi connectivity index (χ2v) is 9.64. The average molecular weight is 360 g/mol. The zero-order valence-corrected chi connectivity index (χ0v) is 15.5. The van der Waals surface area contributed by atoms with Crippen molar-refractivity contribution in [1.29, 1.82) is 0 Å². The van der Waals surface area contributed by atoms with Crippen LogP contribution in [0.4, 0.5) is 0 Å². The minimum atomic E-state index is -3.40. The van der Waals surface area contributed by atoms with Crippen molar-refractivity contribution in [2.24, 2.45) is 16.7 Å². The fourth-order valence-electron chi connectivity index (χ4n) is 4.79. The SMILES string of the molecule is C=C=CC(=O)O[C@H]1C[C@@H]2CC[C@@]1(C)[C@@]2(C)CS(=O)(=O)c1ccccc1. The molecule has 5 heteroatoms. The van der Waals surface area contributed by atoms with Crippen molar-refractivity contribution in [3.05, 3.63) is 48.7 Å². The Morgan fingerprint density at radius 2 is 2.04 bits per heavy atom. The number of hydrogen-bond acceptors (Lipinski definition) is 4. The predicted molar refractivity (Wildman–Crippen MR) is 95.6 cm³/mol. The molecule has 2 aliphatic carbocycles. The van der Waals surface area contributed by atoms with Crippen LogP contribution in [0.25, 0.3) is 0 Å². The number of sulfone groups is 1. The summed E-state index contributed by atoms with van der Waals surface area (Å²) in [5, 5.41) is 0. The van der Waals surface area contributed by atoms with E-state index in [-0.39, 0.29) is 23.2 Å². The molecule has 4 nitrogen and oxygen atoms in total. The van der Waals surface area contributed by atoms with Gasteiger partial charge in [0.2, 0.25) is 0 Å². The Labute approximate surface area is 149 Å². The van der Waals surface area contributed by atoms with E-state index in [1.165, 1.54) is 6.08 Å². The Hall–Kier alpha value is -1.84. The molecule has 1 aromatic carbocycles. The summed E-state index contributed by atoms with van der Waals surface area (Å²) >= 11 is 0. The molecular weight excluding hydrogens is 336 g/mol. The van der Waals surface area contributed by atoms with Gasteiger partial charge in [0.1, 0.15) is 6.10 Å². The molecule has 0 aliphatic heterocycles. The summed E-state index contributed by atoms with van der Waals surface area (Å²) < 4.78 is 31.5. The molecule has 4 atom stereocenters. The summed E-state index contributed by atoms with van der Waals surface area (Å²) in [6, 6.07) is 8.58. The van der Waals surface area contributed by atoms with Crippen LogP contribution < -0.4 is 0 Å². The van der Waals surface area contributed by atoms with Gasteiger partial charge in [-0.25, -0.2) is 13.2 Å². The number of benzene rings is 1. The van der Waals surface area contributed by atoms with E-state index in [0.29, 0.717) is 11.3 Å². The number of ether oxygens (including phenoxy) is 1. The van der Waals surface area contributed by atoms with Gasteiger partial charge in [-0.3, -0.25) is 0 Å². The molecular formula is C20H24O4S. The highest BCUT2D eigenvalue weighted by Gasteiger charge is 2.66. The molecule has 0 N–H and O–H groups in total. The number of carbonyl (C=O) groups is 1. The highest BCUT2D eigenvalue weighted by molar-refractivity contribution is 7.91. The van der Waals surface area contributed by atoms with Gasteiger partial charge in [-0.15, -0.1) is 5.73 Å². The molecule has 2 fully saturated rings. The molecule has 1 aromatic rings. The molecule has 134 valence electrons. The standard InChI is InChI=1S/C20H24O4S/c1-4-8-18(21)24-17-13-15-11-12-19(17,2)20(15,3)14-25(22,23)16-9-6-5-7-10-16/h5-10,15,17H,1,11-14H2,2-3H3/t15-,17-,19+,20-/m0/s1. The Balaban J connectivity index is 1.89. The van der Waals surface area contributed by atoms with Gasteiger partial charge in [0.25, 0.3) is 0 Å². The quantitative estimate of drug-likeness (QED) is 0.458. The third kappa shape index (κ3) is 2.86. The lowest BCUT2D eigenvalue weighted by atomic mass is 9.69. The van der Waals surface area contributed by atoms with Crippen molar-refractivity contribution in [1.82, 2.24) is 0 Å². The lowest BCUT2D eigenvalue weighted by Gasteiger charge is -2.40. The third-order valence-corrected chi connectivity index (χ3v) is 8.47. The summed E-state index contributed by atoms with van der Waals surface area (Å²) in [4.78, 5) is 12.2. The summed E-state index contributed by atoms with van der Waals surface area (Å²) in [7, 11) is -3.40. The molecule has 2 aliphatic rings. The zero-order valence-electron chi connectivity index (χ0n) is 14.7. The van der Waals surface area contributed by atoms with Crippen molar-refractivity contribution in [2.75, 3.05) is 5.75 Å². The van der Waals surface area contributed by atoms with E-state index in [9.17, 15) is 13.2 Å². The van der Waals surface area contributed by atoms with Gasteiger partial charge in [-0.1, -0.05) is 38.6 Å². The lowest BCUT2D eigenvalue weighted by Crippen LogP contribution is -2.43. The molecule has 0 saturated heterocycles. The van der Waals surface area contributed by atoms with E-state index in [4.69, 9.17) is 4.74 Å². The van der Waals surface area contributed by atoms with Crippen molar-refractivity contribution in [3.63, 3.8) is 0 Å². The molecule has 2 bridgehead atoms. The second kappa shape index (κ2) is 6.15. The van der Waals surface area contributed by atoms with Crippen LogP contribution in [0, 0.1) is 16.7 Å². The van der Waals surface area contributed by atoms with Crippen LogP contribution in [0.3, 0.4) is 0 Å². The van der Waals surface area contributed by atoms with Crippen molar-refractivity contribution in [2.45, 2.75) is 44.1 Å². The van der Waals surface area contributed by atoms with Gasteiger partial charge in [0, 0.05) is 5.41 Å². The Kier molecular flexibility index (Phi) is 4.42. The molecule has 0 amide bonds. The molecule has 25 heavy (non-hydrogen) atoms. The van der Waals surface area contributed by atoms with Crippen LogP contribution in [0.2, 0.25) is 0 Å². The monoisotopic (exact) mass is 360 g/mol. The van der Waals surface area contributed by atoms with Crippen molar-refractivity contribution < 1.29 is 17.9 Å². The minimum absolute atomic E-state index is 0.0799. The average Bonchev–Trinajstić information content (AvgIpc) is 2.90. The summed E-state index contributed by atoms with van der Waals surface area (Å²) in [5.74, 6) is -0.139. The smallest absolute Gasteiger partial charge is 0.338 e. The normalized spacial score (nSPS) is 33.7. The van der Waals surface area contributed by atoms with Gasteiger partial charge in [0.15, 0.2) is 9.84 Å². The van der Waals surface area contributed by atoms with Crippen LogP contribution in [-0.4, -0.2) is 26.2 Å². The van der Waals surface area contributed by atoms with Crippen molar-refractivity contribution >= 4 is 15.8 Å². The fraction of sp³-hybridized carbons (Fsp3) is 0.500. The lowest BCUT2D eigenvalue weighted by molar-refractivity contribution is -0.150. The van der Waals surface area contributed by atoms with Gasteiger partial charge in [-0.05, 0) is 42.7 Å². The Morgan fingerprint density at radius 3 is 2.68 bits per heavy atom. The van der Waals surface area contributed by atoms with E-state index in [1.54, 1.807) is 24.3 Å². The first-order valence-electron chi connectivity index (χ1n) is 8.57.